The number of hydrogen-bond donors (Lipinski definition) is 1. The molecule has 1 aromatic heterocycles. The van der Waals surface area contributed by atoms with E-state index in [2.05, 4.69) is 10.3 Å². The van der Waals surface area contributed by atoms with E-state index in [0.29, 0.717) is 19.6 Å². The lowest BCUT2D eigenvalue weighted by Crippen LogP contribution is -2.32. The average Bonchev–Trinajstić information content (AvgIpc) is 2.99. The second-order valence-corrected chi connectivity index (χ2v) is 5.22. The van der Waals surface area contributed by atoms with Crippen molar-refractivity contribution in [2.75, 3.05) is 20.3 Å². The zero-order valence-corrected chi connectivity index (χ0v) is 11.3. The number of hydrogen-bond acceptors (Lipinski definition) is 5. The van der Waals surface area contributed by atoms with Crippen LogP contribution < -0.4 is 5.32 Å². The van der Waals surface area contributed by atoms with Gasteiger partial charge in [0.05, 0.1) is 24.8 Å². The molecular formula is C12H18N2O3S. The minimum atomic E-state index is -0.000216. The van der Waals surface area contributed by atoms with E-state index in [-0.39, 0.29) is 12.0 Å². The molecule has 1 saturated heterocycles. The molecule has 0 bridgehead atoms. The van der Waals surface area contributed by atoms with Gasteiger partial charge in [0.2, 0.25) is 5.91 Å². The number of carbonyl (C=O) groups is 1. The fourth-order valence-corrected chi connectivity index (χ4v) is 2.64. The maximum Gasteiger partial charge on any atom is 0.226 e. The summed E-state index contributed by atoms with van der Waals surface area (Å²) in [6, 6.07) is 0. The fourth-order valence-electron chi connectivity index (χ4n) is 1.88. The van der Waals surface area contributed by atoms with Crippen LogP contribution in [0.25, 0.3) is 0 Å². The molecule has 1 aromatic rings. The zero-order valence-electron chi connectivity index (χ0n) is 10.5. The summed E-state index contributed by atoms with van der Waals surface area (Å²) in [5, 5.41) is 5.69. The number of methoxy groups -OCH3 is 1. The van der Waals surface area contributed by atoms with Crippen LogP contribution in [-0.2, 0) is 27.3 Å². The van der Waals surface area contributed by atoms with E-state index < -0.39 is 0 Å². The highest BCUT2D eigenvalue weighted by molar-refractivity contribution is 7.09. The molecule has 1 aliphatic rings. The van der Waals surface area contributed by atoms with Crippen molar-refractivity contribution in [1.29, 1.82) is 0 Å². The average molecular weight is 270 g/mol. The van der Waals surface area contributed by atoms with Crippen molar-refractivity contribution in [1.82, 2.24) is 10.3 Å². The van der Waals surface area contributed by atoms with Crippen molar-refractivity contribution in [2.45, 2.75) is 32.0 Å². The highest BCUT2D eigenvalue weighted by Gasteiger charge is 2.16. The smallest absolute Gasteiger partial charge is 0.226 e. The first kappa shape index (κ1) is 13.5. The molecule has 100 valence electrons. The van der Waals surface area contributed by atoms with Gasteiger partial charge in [0.15, 0.2) is 0 Å². The number of thiazole rings is 1. The van der Waals surface area contributed by atoms with Gasteiger partial charge in [0.1, 0.15) is 5.01 Å². The summed E-state index contributed by atoms with van der Waals surface area (Å²) in [5.41, 5.74) is 0.803. The molecule has 2 heterocycles. The zero-order chi connectivity index (χ0) is 12.8. The maximum absolute atomic E-state index is 11.7. The van der Waals surface area contributed by atoms with Gasteiger partial charge in [-0.3, -0.25) is 4.79 Å². The van der Waals surface area contributed by atoms with E-state index in [1.165, 1.54) is 11.3 Å². The van der Waals surface area contributed by atoms with Crippen LogP contribution in [0.5, 0.6) is 0 Å². The molecule has 2 rings (SSSR count). The predicted molar refractivity (Wildman–Crippen MR) is 68.5 cm³/mol. The van der Waals surface area contributed by atoms with E-state index in [9.17, 15) is 4.79 Å². The van der Waals surface area contributed by atoms with Gasteiger partial charge < -0.3 is 14.8 Å². The minimum absolute atomic E-state index is 0.000216. The summed E-state index contributed by atoms with van der Waals surface area (Å²) in [5.74, 6) is -0.000216. The lowest BCUT2D eigenvalue weighted by Gasteiger charge is -2.09. The number of carbonyl (C=O) groups excluding carboxylic acids is 1. The van der Waals surface area contributed by atoms with Crippen LogP contribution in [0, 0.1) is 0 Å². The van der Waals surface area contributed by atoms with E-state index in [1.54, 1.807) is 7.11 Å². The molecule has 0 radical (unpaired) electrons. The molecule has 6 heteroatoms. The molecule has 0 spiro atoms. The Hall–Kier alpha value is -0.980. The topological polar surface area (TPSA) is 60.5 Å². The molecule has 1 atom stereocenters. The largest absolute Gasteiger partial charge is 0.378 e. The van der Waals surface area contributed by atoms with Crippen molar-refractivity contribution in [3.8, 4) is 0 Å². The van der Waals surface area contributed by atoms with Crippen LogP contribution >= 0.6 is 11.3 Å². The Morgan fingerprint density at radius 3 is 3.33 bits per heavy atom. The van der Waals surface area contributed by atoms with E-state index in [1.807, 2.05) is 5.38 Å². The van der Waals surface area contributed by atoms with Gasteiger partial charge in [-0.05, 0) is 12.8 Å². The molecule has 1 unspecified atom stereocenters. The Morgan fingerprint density at radius 2 is 2.61 bits per heavy atom. The molecular weight excluding hydrogens is 252 g/mol. The normalized spacial score (nSPS) is 19.1. The summed E-state index contributed by atoms with van der Waals surface area (Å²) in [6.45, 7) is 1.92. The quantitative estimate of drug-likeness (QED) is 0.841. The summed E-state index contributed by atoms with van der Waals surface area (Å²) in [7, 11) is 1.63. The van der Waals surface area contributed by atoms with Gasteiger partial charge in [0, 0.05) is 25.6 Å². The van der Waals surface area contributed by atoms with Crippen molar-refractivity contribution >= 4 is 17.2 Å². The van der Waals surface area contributed by atoms with Gasteiger partial charge in [-0.2, -0.15) is 0 Å². The van der Waals surface area contributed by atoms with E-state index >= 15 is 0 Å². The number of rotatable bonds is 6. The fraction of sp³-hybridized carbons (Fsp3) is 0.667. The summed E-state index contributed by atoms with van der Waals surface area (Å²) in [4.78, 5) is 16.0. The Bertz CT molecular complexity index is 388. The first-order chi connectivity index (χ1) is 8.78. The molecule has 1 N–H and O–H groups in total. The van der Waals surface area contributed by atoms with Crippen molar-refractivity contribution in [2.24, 2.45) is 0 Å². The molecule has 0 saturated carbocycles. The first-order valence-electron chi connectivity index (χ1n) is 6.08. The molecule has 1 aliphatic heterocycles. The third-order valence-electron chi connectivity index (χ3n) is 2.76. The van der Waals surface area contributed by atoms with Gasteiger partial charge in [-0.1, -0.05) is 0 Å². The van der Waals surface area contributed by atoms with Crippen molar-refractivity contribution in [3.63, 3.8) is 0 Å². The molecule has 0 aromatic carbocycles. The highest BCUT2D eigenvalue weighted by Crippen LogP contribution is 2.12. The molecule has 0 aliphatic carbocycles. The maximum atomic E-state index is 11.7. The molecule has 1 fully saturated rings. The highest BCUT2D eigenvalue weighted by atomic mass is 32.1. The van der Waals surface area contributed by atoms with Crippen LogP contribution in [0.2, 0.25) is 0 Å². The predicted octanol–water partition coefficient (Wildman–Crippen LogP) is 1.13. The Balaban J connectivity index is 1.72. The van der Waals surface area contributed by atoms with E-state index in [0.717, 1.165) is 30.2 Å². The minimum Gasteiger partial charge on any atom is -0.378 e. The van der Waals surface area contributed by atoms with Crippen molar-refractivity contribution < 1.29 is 14.3 Å². The lowest BCUT2D eigenvalue weighted by atomic mass is 10.2. The van der Waals surface area contributed by atoms with Crippen LogP contribution in [0.4, 0.5) is 0 Å². The third kappa shape index (κ3) is 4.04. The van der Waals surface area contributed by atoms with E-state index in [4.69, 9.17) is 9.47 Å². The summed E-state index contributed by atoms with van der Waals surface area (Å²) >= 11 is 1.52. The molecule has 5 nitrogen and oxygen atoms in total. The number of nitrogens with zero attached hydrogens (tertiary/aromatic N) is 1. The van der Waals surface area contributed by atoms with Crippen LogP contribution in [0.1, 0.15) is 23.5 Å². The molecule has 18 heavy (non-hydrogen) atoms. The summed E-state index contributed by atoms with van der Waals surface area (Å²) in [6.07, 6.45) is 2.64. The number of amides is 1. The van der Waals surface area contributed by atoms with Crippen LogP contribution in [-0.4, -0.2) is 37.3 Å². The second kappa shape index (κ2) is 6.82. The van der Waals surface area contributed by atoms with Gasteiger partial charge in [0.25, 0.3) is 0 Å². The monoisotopic (exact) mass is 270 g/mol. The van der Waals surface area contributed by atoms with Gasteiger partial charge in [-0.25, -0.2) is 4.98 Å². The SMILES string of the molecule is COCc1nc(CC(=O)NCC2CCCO2)cs1. The first-order valence-corrected chi connectivity index (χ1v) is 6.96. The Morgan fingerprint density at radius 1 is 1.72 bits per heavy atom. The summed E-state index contributed by atoms with van der Waals surface area (Å²) < 4.78 is 10.4. The number of aromatic nitrogens is 1. The van der Waals surface area contributed by atoms with Crippen LogP contribution in [0.15, 0.2) is 5.38 Å². The van der Waals surface area contributed by atoms with Crippen molar-refractivity contribution in [3.05, 3.63) is 16.1 Å². The van der Waals surface area contributed by atoms with Crippen LogP contribution in [0.3, 0.4) is 0 Å². The Labute approximate surface area is 111 Å². The third-order valence-corrected chi connectivity index (χ3v) is 3.63. The lowest BCUT2D eigenvalue weighted by molar-refractivity contribution is -0.121. The second-order valence-electron chi connectivity index (χ2n) is 4.28. The van der Waals surface area contributed by atoms with Gasteiger partial charge in [-0.15, -0.1) is 11.3 Å². The number of ether oxygens (including phenoxy) is 2. The number of nitrogens with one attached hydrogen (secondary N) is 1. The standard InChI is InChI=1S/C12H18N2O3S/c1-16-7-12-14-9(8-18-12)5-11(15)13-6-10-3-2-4-17-10/h8,10H,2-7H2,1H3,(H,13,15). The molecule has 1 amide bonds. The van der Waals surface area contributed by atoms with Gasteiger partial charge >= 0.3 is 0 Å². The Kier molecular flexibility index (Phi) is 5.10.